The molecule has 0 saturated heterocycles. The first-order valence-electron chi connectivity index (χ1n) is 6.12. The van der Waals surface area contributed by atoms with E-state index in [1.807, 2.05) is 50.2 Å². The van der Waals surface area contributed by atoms with Crippen LogP contribution in [-0.4, -0.2) is 15.7 Å². The Morgan fingerprint density at radius 2 is 1.74 bits per heavy atom. The van der Waals surface area contributed by atoms with Crippen LogP contribution in [0.1, 0.15) is 21.5 Å². The fourth-order valence-electron chi connectivity index (χ4n) is 1.89. The molecular formula is C16H16O2S. The highest BCUT2D eigenvalue weighted by Gasteiger charge is 2.14. The van der Waals surface area contributed by atoms with Crippen molar-refractivity contribution in [2.75, 3.05) is 5.75 Å². The van der Waals surface area contributed by atoms with Gasteiger partial charge in [0.15, 0.2) is 5.78 Å². The van der Waals surface area contributed by atoms with Crippen LogP contribution in [0, 0.1) is 13.8 Å². The number of Topliss-reactive ketones (excluding diaryl/α,β-unsaturated/α-hetero) is 1. The van der Waals surface area contributed by atoms with Gasteiger partial charge >= 0.3 is 0 Å². The van der Waals surface area contributed by atoms with E-state index in [4.69, 9.17) is 0 Å². The van der Waals surface area contributed by atoms with E-state index in [2.05, 4.69) is 0 Å². The molecule has 0 fully saturated rings. The number of benzene rings is 2. The first-order chi connectivity index (χ1) is 9.08. The monoisotopic (exact) mass is 272 g/mol. The van der Waals surface area contributed by atoms with E-state index in [0.717, 1.165) is 11.1 Å². The third-order valence-electron chi connectivity index (χ3n) is 2.96. The molecule has 1 atom stereocenters. The van der Waals surface area contributed by atoms with Crippen molar-refractivity contribution in [3.8, 4) is 0 Å². The molecular weight excluding hydrogens is 256 g/mol. The quantitative estimate of drug-likeness (QED) is 0.800. The summed E-state index contributed by atoms with van der Waals surface area (Å²) in [4.78, 5) is 12.9. The van der Waals surface area contributed by atoms with Gasteiger partial charge < -0.3 is 0 Å². The molecule has 0 amide bonds. The summed E-state index contributed by atoms with van der Waals surface area (Å²) in [6.45, 7) is 3.85. The summed E-state index contributed by atoms with van der Waals surface area (Å²) in [7, 11) is -1.28. The normalized spacial score (nSPS) is 12.1. The molecule has 0 saturated carbocycles. The molecule has 0 bridgehead atoms. The van der Waals surface area contributed by atoms with Crippen LogP contribution >= 0.6 is 0 Å². The second-order valence-electron chi connectivity index (χ2n) is 4.54. The number of rotatable bonds is 4. The first kappa shape index (κ1) is 13.7. The average Bonchev–Trinajstić information content (AvgIpc) is 2.42. The van der Waals surface area contributed by atoms with E-state index in [-0.39, 0.29) is 11.5 Å². The van der Waals surface area contributed by atoms with Gasteiger partial charge in [-0.15, -0.1) is 0 Å². The number of hydrogen-bond acceptors (Lipinski definition) is 2. The Morgan fingerprint density at radius 3 is 2.42 bits per heavy atom. The smallest absolute Gasteiger partial charge is 0.175 e. The zero-order chi connectivity index (χ0) is 13.8. The highest BCUT2D eigenvalue weighted by atomic mass is 32.2. The average molecular weight is 272 g/mol. The second-order valence-corrected chi connectivity index (χ2v) is 6.00. The van der Waals surface area contributed by atoms with Crippen LogP contribution < -0.4 is 0 Å². The Hall–Kier alpha value is -1.74. The molecule has 0 aliphatic heterocycles. The SMILES string of the molecule is Cc1ccc(C)c(C(=O)CS(=O)c2ccccc2)c1. The van der Waals surface area contributed by atoms with Gasteiger partial charge in [-0.2, -0.15) is 0 Å². The maximum absolute atomic E-state index is 12.2. The molecule has 98 valence electrons. The van der Waals surface area contributed by atoms with Gasteiger partial charge in [0.25, 0.3) is 0 Å². The maximum atomic E-state index is 12.2. The minimum atomic E-state index is -1.28. The van der Waals surface area contributed by atoms with Crippen molar-refractivity contribution in [3.63, 3.8) is 0 Å². The summed E-state index contributed by atoms with van der Waals surface area (Å²) in [6, 6.07) is 14.9. The highest BCUT2D eigenvalue weighted by Crippen LogP contribution is 2.14. The zero-order valence-corrected chi connectivity index (χ0v) is 11.9. The van der Waals surface area contributed by atoms with Crippen molar-refractivity contribution in [2.45, 2.75) is 18.7 Å². The molecule has 0 radical (unpaired) electrons. The van der Waals surface area contributed by atoms with E-state index in [1.54, 1.807) is 12.1 Å². The van der Waals surface area contributed by atoms with Gasteiger partial charge in [0.2, 0.25) is 0 Å². The van der Waals surface area contributed by atoms with E-state index < -0.39 is 10.8 Å². The molecule has 2 aromatic carbocycles. The molecule has 0 N–H and O–H groups in total. The van der Waals surface area contributed by atoms with Gasteiger partial charge in [0.1, 0.15) is 0 Å². The Balaban J connectivity index is 2.18. The Bertz CT molecular complexity index is 618. The van der Waals surface area contributed by atoms with Crippen molar-refractivity contribution in [3.05, 3.63) is 65.2 Å². The van der Waals surface area contributed by atoms with Gasteiger partial charge in [0.05, 0.1) is 16.6 Å². The standard InChI is InChI=1S/C16H16O2S/c1-12-8-9-13(2)15(10-12)16(17)11-19(18)14-6-4-3-5-7-14/h3-10H,11H2,1-2H3. The van der Waals surface area contributed by atoms with Crippen molar-refractivity contribution in [1.82, 2.24) is 0 Å². The molecule has 1 unspecified atom stereocenters. The van der Waals surface area contributed by atoms with E-state index in [0.29, 0.717) is 10.5 Å². The Kier molecular flexibility index (Phi) is 4.27. The summed E-state index contributed by atoms with van der Waals surface area (Å²) in [5.41, 5.74) is 2.64. The van der Waals surface area contributed by atoms with Crippen molar-refractivity contribution in [2.24, 2.45) is 0 Å². The molecule has 0 spiro atoms. The lowest BCUT2D eigenvalue weighted by Crippen LogP contribution is -2.12. The van der Waals surface area contributed by atoms with Crippen LogP contribution in [0.4, 0.5) is 0 Å². The summed E-state index contributed by atoms with van der Waals surface area (Å²) in [5, 5.41) is 0. The predicted molar refractivity (Wildman–Crippen MR) is 78.0 cm³/mol. The van der Waals surface area contributed by atoms with Crippen molar-refractivity contribution in [1.29, 1.82) is 0 Å². The topological polar surface area (TPSA) is 34.1 Å². The lowest BCUT2D eigenvalue weighted by Gasteiger charge is -2.06. The molecule has 0 heterocycles. The van der Waals surface area contributed by atoms with Gasteiger partial charge in [-0.05, 0) is 37.6 Å². The fourth-order valence-corrected chi connectivity index (χ4v) is 2.91. The van der Waals surface area contributed by atoms with Crippen molar-refractivity contribution < 1.29 is 9.00 Å². The van der Waals surface area contributed by atoms with Crippen LogP contribution in [0.5, 0.6) is 0 Å². The maximum Gasteiger partial charge on any atom is 0.175 e. The lowest BCUT2D eigenvalue weighted by atomic mass is 10.0. The molecule has 3 heteroatoms. The lowest BCUT2D eigenvalue weighted by molar-refractivity contribution is 0.102. The van der Waals surface area contributed by atoms with E-state index in [1.165, 1.54) is 0 Å². The van der Waals surface area contributed by atoms with Gasteiger partial charge in [-0.25, -0.2) is 0 Å². The largest absolute Gasteiger partial charge is 0.293 e. The first-order valence-corrected chi connectivity index (χ1v) is 7.43. The summed E-state index contributed by atoms with van der Waals surface area (Å²) >= 11 is 0. The number of hydrogen-bond donors (Lipinski definition) is 0. The van der Waals surface area contributed by atoms with Gasteiger partial charge in [0, 0.05) is 10.5 Å². The minimum Gasteiger partial charge on any atom is -0.293 e. The van der Waals surface area contributed by atoms with Crippen LogP contribution in [0.2, 0.25) is 0 Å². The number of ketones is 1. The van der Waals surface area contributed by atoms with Crippen LogP contribution in [0.15, 0.2) is 53.4 Å². The fraction of sp³-hybridized carbons (Fsp3) is 0.188. The van der Waals surface area contributed by atoms with Gasteiger partial charge in [-0.3, -0.25) is 9.00 Å². The third-order valence-corrected chi connectivity index (χ3v) is 4.28. The Labute approximate surface area is 115 Å². The Morgan fingerprint density at radius 1 is 1.05 bits per heavy atom. The van der Waals surface area contributed by atoms with E-state index in [9.17, 15) is 9.00 Å². The number of carbonyl (C=O) groups excluding carboxylic acids is 1. The van der Waals surface area contributed by atoms with Gasteiger partial charge in [-0.1, -0.05) is 35.9 Å². The molecule has 0 aromatic heterocycles. The van der Waals surface area contributed by atoms with Crippen molar-refractivity contribution >= 4 is 16.6 Å². The molecule has 19 heavy (non-hydrogen) atoms. The number of aryl methyl sites for hydroxylation is 2. The zero-order valence-electron chi connectivity index (χ0n) is 11.1. The third kappa shape index (κ3) is 3.38. The molecule has 2 rings (SSSR count). The molecule has 0 aliphatic rings. The second kappa shape index (κ2) is 5.93. The predicted octanol–water partition coefficient (Wildman–Crippen LogP) is 3.29. The van der Waals surface area contributed by atoms with E-state index >= 15 is 0 Å². The summed E-state index contributed by atoms with van der Waals surface area (Å²) < 4.78 is 12.1. The van der Waals surface area contributed by atoms with Crippen LogP contribution in [0.3, 0.4) is 0 Å². The summed E-state index contributed by atoms with van der Waals surface area (Å²) in [6.07, 6.45) is 0. The number of carbonyl (C=O) groups is 1. The van der Waals surface area contributed by atoms with Crippen LogP contribution in [0.25, 0.3) is 0 Å². The minimum absolute atomic E-state index is 0.0360. The summed E-state index contributed by atoms with van der Waals surface area (Å²) in [5.74, 6) is -0.0303. The molecule has 0 aliphatic carbocycles. The van der Waals surface area contributed by atoms with Crippen LogP contribution in [-0.2, 0) is 10.8 Å². The molecule has 2 nitrogen and oxygen atoms in total. The molecule has 2 aromatic rings. The highest BCUT2D eigenvalue weighted by molar-refractivity contribution is 7.85.